The van der Waals surface area contributed by atoms with Crippen LogP contribution in [0.25, 0.3) is 0 Å². The van der Waals surface area contributed by atoms with Gasteiger partial charge < -0.3 is 5.32 Å². The van der Waals surface area contributed by atoms with Gasteiger partial charge in [0.15, 0.2) is 0 Å². The van der Waals surface area contributed by atoms with Gasteiger partial charge in [-0.05, 0) is 31.4 Å². The number of hydrogen-bond acceptors (Lipinski definition) is 1. The Morgan fingerprint density at radius 2 is 2.00 bits per heavy atom. The van der Waals surface area contributed by atoms with Gasteiger partial charge in [0, 0.05) is 6.54 Å². The van der Waals surface area contributed by atoms with E-state index in [0.717, 1.165) is 19.5 Å². The van der Waals surface area contributed by atoms with Crippen molar-refractivity contribution < 1.29 is 0 Å². The van der Waals surface area contributed by atoms with Crippen molar-refractivity contribution in [3.8, 4) is 0 Å². The summed E-state index contributed by atoms with van der Waals surface area (Å²) in [7, 11) is 0. The van der Waals surface area contributed by atoms with Crippen molar-refractivity contribution in [2.24, 2.45) is 0 Å². The largest absolute Gasteiger partial charge is 0.316 e. The fourth-order valence-electron chi connectivity index (χ4n) is 1.57. The highest BCUT2D eigenvalue weighted by atomic mass is 14.8. The molecule has 0 radical (unpaired) electrons. The molecular weight excluding hydrogens is 182 g/mol. The van der Waals surface area contributed by atoms with E-state index in [1.807, 2.05) is 0 Å². The first-order valence-corrected chi connectivity index (χ1v) is 5.71. The third-order valence-corrected chi connectivity index (χ3v) is 2.54. The summed E-state index contributed by atoms with van der Waals surface area (Å²) < 4.78 is 0. The average Bonchev–Trinajstić information content (AvgIpc) is 2.30. The summed E-state index contributed by atoms with van der Waals surface area (Å²) in [5.74, 6) is 0.594. The molecule has 1 heteroatoms. The average molecular weight is 203 g/mol. The lowest BCUT2D eigenvalue weighted by Gasteiger charge is -2.12. The van der Waals surface area contributed by atoms with Crippen LogP contribution in [0.15, 0.2) is 42.5 Å². The van der Waals surface area contributed by atoms with Crippen molar-refractivity contribution in [1.82, 2.24) is 5.32 Å². The van der Waals surface area contributed by atoms with Crippen LogP contribution in [-0.2, 0) is 0 Å². The van der Waals surface area contributed by atoms with Gasteiger partial charge in [0.25, 0.3) is 0 Å². The van der Waals surface area contributed by atoms with Crippen molar-refractivity contribution in [2.45, 2.75) is 26.2 Å². The Bertz CT molecular complexity index is 277. The second-order valence-electron chi connectivity index (χ2n) is 3.87. The highest BCUT2D eigenvalue weighted by Gasteiger charge is 2.02. The van der Waals surface area contributed by atoms with Gasteiger partial charge >= 0.3 is 0 Å². The summed E-state index contributed by atoms with van der Waals surface area (Å²) in [6.07, 6.45) is 5.42. The summed E-state index contributed by atoms with van der Waals surface area (Å²) >= 11 is 0. The van der Waals surface area contributed by atoms with Crippen LogP contribution in [0.3, 0.4) is 0 Å². The molecule has 1 N–H and O–H groups in total. The zero-order valence-electron chi connectivity index (χ0n) is 9.74. The zero-order valence-corrected chi connectivity index (χ0v) is 9.74. The van der Waals surface area contributed by atoms with Crippen LogP contribution in [0, 0.1) is 0 Å². The molecule has 0 aliphatic carbocycles. The maximum Gasteiger partial charge on any atom is 0.00176 e. The van der Waals surface area contributed by atoms with E-state index in [2.05, 4.69) is 61.6 Å². The molecule has 1 aromatic rings. The van der Waals surface area contributed by atoms with Crippen molar-refractivity contribution in [3.05, 3.63) is 48.0 Å². The van der Waals surface area contributed by atoms with Gasteiger partial charge in [-0.3, -0.25) is 0 Å². The summed E-state index contributed by atoms with van der Waals surface area (Å²) in [4.78, 5) is 0. The van der Waals surface area contributed by atoms with Crippen LogP contribution in [0.5, 0.6) is 0 Å². The molecule has 1 aromatic carbocycles. The second kappa shape index (κ2) is 7.24. The molecule has 15 heavy (non-hydrogen) atoms. The maximum absolute atomic E-state index is 3.47. The van der Waals surface area contributed by atoms with Crippen LogP contribution in [0.2, 0.25) is 0 Å². The van der Waals surface area contributed by atoms with E-state index in [-0.39, 0.29) is 0 Å². The Balaban J connectivity index is 2.22. The Morgan fingerprint density at radius 1 is 1.27 bits per heavy atom. The first-order chi connectivity index (χ1) is 7.34. The van der Waals surface area contributed by atoms with Gasteiger partial charge in [0.1, 0.15) is 0 Å². The van der Waals surface area contributed by atoms with E-state index in [0.29, 0.717) is 5.92 Å². The summed E-state index contributed by atoms with van der Waals surface area (Å²) in [5.41, 5.74) is 1.41. The molecule has 0 saturated carbocycles. The molecule has 0 amide bonds. The Labute approximate surface area is 93.2 Å². The predicted octanol–water partition coefficient (Wildman–Crippen LogP) is 3.35. The van der Waals surface area contributed by atoms with E-state index in [4.69, 9.17) is 0 Å². The quantitative estimate of drug-likeness (QED) is 0.552. The highest BCUT2D eigenvalue weighted by molar-refractivity contribution is 5.18. The number of benzene rings is 1. The first kappa shape index (κ1) is 12.0. The third kappa shape index (κ3) is 4.80. The molecule has 0 aromatic heterocycles. The predicted molar refractivity (Wildman–Crippen MR) is 67.2 cm³/mol. The number of nitrogens with one attached hydrogen (secondary N) is 1. The lowest BCUT2D eigenvalue weighted by atomic mass is 10.0. The maximum atomic E-state index is 3.47. The number of rotatable bonds is 6. The third-order valence-electron chi connectivity index (χ3n) is 2.54. The van der Waals surface area contributed by atoms with Crippen LogP contribution < -0.4 is 5.32 Å². The van der Waals surface area contributed by atoms with E-state index in [1.165, 1.54) is 5.56 Å². The van der Waals surface area contributed by atoms with Crippen LogP contribution in [0.1, 0.15) is 31.7 Å². The summed E-state index contributed by atoms with van der Waals surface area (Å²) in [5, 5.41) is 3.47. The molecule has 0 fully saturated rings. The Morgan fingerprint density at radius 3 is 2.67 bits per heavy atom. The fourth-order valence-corrected chi connectivity index (χ4v) is 1.57. The van der Waals surface area contributed by atoms with Crippen LogP contribution in [-0.4, -0.2) is 13.1 Å². The minimum absolute atomic E-state index is 0.594. The smallest absolute Gasteiger partial charge is 0.00176 e. The Hall–Kier alpha value is -1.08. The van der Waals surface area contributed by atoms with E-state index < -0.39 is 0 Å². The van der Waals surface area contributed by atoms with Crippen molar-refractivity contribution in [1.29, 1.82) is 0 Å². The van der Waals surface area contributed by atoms with Gasteiger partial charge in [-0.1, -0.05) is 49.4 Å². The number of allylic oxidation sites excluding steroid dienone is 1. The van der Waals surface area contributed by atoms with Crippen LogP contribution >= 0.6 is 0 Å². The standard InChI is InChI=1S/C14H21N/c1-3-4-8-11-15-12-13(2)14-9-6-5-7-10-14/h3-7,9-10,13,15H,8,11-12H2,1-2H3/b4-3+. The lowest BCUT2D eigenvalue weighted by Crippen LogP contribution is -2.20. The van der Waals surface area contributed by atoms with Gasteiger partial charge in [0.05, 0.1) is 0 Å². The molecule has 0 saturated heterocycles. The fraction of sp³-hybridized carbons (Fsp3) is 0.429. The molecule has 1 unspecified atom stereocenters. The zero-order chi connectivity index (χ0) is 10.9. The summed E-state index contributed by atoms with van der Waals surface area (Å²) in [6.45, 7) is 6.45. The lowest BCUT2D eigenvalue weighted by molar-refractivity contribution is 0.619. The highest BCUT2D eigenvalue weighted by Crippen LogP contribution is 2.12. The van der Waals surface area contributed by atoms with Crippen molar-refractivity contribution in [3.63, 3.8) is 0 Å². The topological polar surface area (TPSA) is 12.0 Å². The normalized spacial score (nSPS) is 13.2. The SMILES string of the molecule is C/C=C/CCNCC(C)c1ccccc1. The van der Waals surface area contributed by atoms with Gasteiger partial charge in [-0.25, -0.2) is 0 Å². The van der Waals surface area contributed by atoms with E-state index in [9.17, 15) is 0 Å². The molecular formula is C14H21N. The van der Waals surface area contributed by atoms with Gasteiger partial charge in [-0.15, -0.1) is 0 Å². The van der Waals surface area contributed by atoms with Crippen molar-refractivity contribution in [2.75, 3.05) is 13.1 Å². The van der Waals surface area contributed by atoms with Crippen molar-refractivity contribution >= 4 is 0 Å². The molecule has 0 aliphatic heterocycles. The molecule has 0 heterocycles. The van der Waals surface area contributed by atoms with E-state index >= 15 is 0 Å². The molecule has 1 atom stereocenters. The van der Waals surface area contributed by atoms with Crippen LogP contribution in [0.4, 0.5) is 0 Å². The minimum Gasteiger partial charge on any atom is -0.316 e. The summed E-state index contributed by atoms with van der Waals surface area (Å²) in [6, 6.07) is 10.7. The second-order valence-corrected chi connectivity index (χ2v) is 3.87. The molecule has 1 nitrogen and oxygen atoms in total. The molecule has 82 valence electrons. The number of hydrogen-bond donors (Lipinski definition) is 1. The van der Waals surface area contributed by atoms with Gasteiger partial charge in [-0.2, -0.15) is 0 Å². The Kier molecular flexibility index (Phi) is 5.79. The molecule has 0 aliphatic rings. The van der Waals surface area contributed by atoms with Gasteiger partial charge in [0.2, 0.25) is 0 Å². The molecule has 1 rings (SSSR count). The molecule has 0 spiro atoms. The monoisotopic (exact) mass is 203 g/mol. The molecule has 0 bridgehead atoms. The van der Waals surface area contributed by atoms with E-state index in [1.54, 1.807) is 0 Å². The minimum atomic E-state index is 0.594. The first-order valence-electron chi connectivity index (χ1n) is 5.71.